The summed E-state index contributed by atoms with van der Waals surface area (Å²) in [5, 5.41) is 3.05. The Balaban J connectivity index is 1.47. The van der Waals surface area contributed by atoms with Crippen molar-refractivity contribution in [1.29, 1.82) is 0 Å². The molecule has 1 spiro atoms. The Labute approximate surface area is 183 Å². The van der Waals surface area contributed by atoms with Gasteiger partial charge in [0, 0.05) is 22.8 Å². The number of carbonyl (C=O) groups excluding carboxylic acids is 2. The van der Waals surface area contributed by atoms with Crippen molar-refractivity contribution >= 4 is 23.3 Å². The van der Waals surface area contributed by atoms with Gasteiger partial charge in [0.2, 0.25) is 0 Å². The fraction of sp³-hybridized carbons (Fsp3) is 0.500. The maximum Gasteiger partial charge on any atom is 0.326 e. The highest BCUT2D eigenvalue weighted by atomic mass is 32.1. The van der Waals surface area contributed by atoms with Gasteiger partial charge in [-0.05, 0) is 62.6 Å². The number of thiophene rings is 1. The van der Waals surface area contributed by atoms with Crippen molar-refractivity contribution < 1.29 is 9.59 Å². The van der Waals surface area contributed by atoms with Crippen LogP contribution in [0.1, 0.15) is 47.9 Å². The Hall–Kier alpha value is -2.18. The highest BCUT2D eigenvalue weighted by Gasteiger charge is 2.52. The van der Waals surface area contributed by atoms with Crippen LogP contribution < -0.4 is 5.32 Å². The topological polar surface area (TPSA) is 52.6 Å². The first kappa shape index (κ1) is 21.1. The number of aryl methyl sites for hydroxylation is 1. The van der Waals surface area contributed by atoms with Crippen molar-refractivity contribution in [3.8, 4) is 0 Å². The number of hydrogen-bond donors (Lipinski definition) is 1. The maximum atomic E-state index is 13.3. The molecule has 4 rings (SSSR count). The lowest BCUT2D eigenvalue weighted by molar-refractivity contribution is -0.134. The van der Waals surface area contributed by atoms with Crippen molar-refractivity contribution in [3.05, 3.63) is 57.8 Å². The van der Waals surface area contributed by atoms with Crippen LogP contribution in [0.2, 0.25) is 0 Å². The zero-order chi connectivity index (χ0) is 21.1. The lowest BCUT2D eigenvalue weighted by Gasteiger charge is -2.34. The van der Waals surface area contributed by atoms with Crippen molar-refractivity contribution in [3.63, 3.8) is 0 Å². The van der Waals surface area contributed by atoms with E-state index < -0.39 is 5.54 Å². The van der Waals surface area contributed by atoms with Crippen molar-refractivity contribution in [2.45, 2.75) is 58.0 Å². The van der Waals surface area contributed by atoms with E-state index in [1.54, 1.807) is 11.3 Å². The molecule has 1 aliphatic carbocycles. The van der Waals surface area contributed by atoms with E-state index >= 15 is 0 Å². The molecule has 6 heteroatoms. The molecule has 1 saturated carbocycles. The third-order valence-electron chi connectivity index (χ3n) is 6.45. The molecule has 2 aliphatic rings. The minimum Gasteiger partial charge on any atom is -0.323 e. The predicted molar refractivity (Wildman–Crippen MR) is 120 cm³/mol. The maximum absolute atomic E-state index is 13.3. The lowest BCUT2D eigenvalue weighted by atomic mass is 9.77. The first-order valence-corrected chi connectivity index (χ1v) is 11.7. The highest BCUT2D eigenvalue weighted by Crippen LogP contribution is 2.36. The van der Waals surface area contributed by atoms with Gasteiger partial charge in [0.15, 0.2) is 0 Å². The van der Waals surface area contributed by atoms with Gasteiger partial charge in [0.05, 0.1) is 6.67 Å². The average Bonchev–Trinajstić information content (AvgIpc) is 3.25. The molecule has 3 amide bonds. The molecule has 2 fully saturated rings. The summed E-state index contributed by atoms with van der Waals surface area (Å²) in [6.07, 6.45) is 4.38. The van der Waals surface area contributed by atoms with Gasteiger partial charge in [0.1, 0.15) is 5.54 Å². The molecule has 2 aromatic rings. The van der Waals surface area contributed by atoms with Gasteiger partial charge in [-0.1, -0.05) is 37.3 Å². The van der Waals surface area contributed by atoms with E-state index in [1.165, 1.54) is 20.2 Å². The second-order valence-corrected chi connectivity index (χ2v) is 10.2. The van der Waals surface area contributed by atoms with Crippen LogP contribution in [0.4, 0.5) is 4.79 Å². The number of amides is 3. The van der Waals surface area contributed by atoms with Gasteiger partial charge < -0.3 is 5.32 Å². The molecule has 0 radical (unpaired) electrons. The van der Waals surface area contributed by atoms with Crippen LogP contribution in [-0.4, -0.2) is 40.5 Å². The molecular weight excluding hydrogens is 394 g/mol. The summed E-state index contributed by atoms with van der Waals surface area (Å²) in [6.45, 7) is 6.20. The van der Waals surface area contributed by atoms with Gasteiger partial charge in [-0.25, -0.2) is 9.69 Å². The molecule has 2 heterocycles. The highest BCUT2D eigenvalue weighted by molar-refractivity contribution is 7.11. The molecule has 1 aromatic carbocycles. The normalized spacial score (nSPS) is 24.1. The smallest absolute Gasteiger partial charge is 0.323 e. The Morgan fingerprint density at radius 2 is 1.87 bits per heavy atom. The molecule has 1 N–H and O–H groups in total. The third-order valence-corrected chi connectivity index (χ3v) is 7.44. The average molecular weight is 426 g/mol. The van der Waals surface area contributed by atoms with Crippen LogP contribution in [0.15, 0.2) is 42.5 Å². The second kappa shape index (κ2) is 8.90. The van der Waals surface area contributed by atoms with Crippen LogP contribution in [0.25, 0.3) is 0 Å². The van der Waals surface area contributed by atoms with E-state index in [-0.39, 0.29) is 11.9 Å². The Kier molecular flexibility index (Phi) is 6.25. The van der Waals surface area contributed by atoms with Gasteiger partial charge in [-0.2, -0.15) is 0 Å². The summed E-state index contributed by atoms with van der Waals surface area (Å²) >= 11 is 1.77. The lowest BCUT2D eigenvalue weighted by Crippen LogP contribution is -2.50. The predicted octanol–water partition coefficient (Wildman–Crippen LogP) is 4.56. The molecule has 5 nitrogen and oxygen atoms in total. The quantitative estimate of drug-likeness (QED) is 0.662. The van der Waals surface area contributed by atoms with Crippen molar-refractivity contribution in [2.75, 3.05) is 13.2 Å². The van der Waals surface area contributed by atoms with Gasteiger partial charge in [-0.3, -0.25) is 9.69 Å². The summed E-state index contributed by atoms with van der Waals surface area (Å²) in [7, 11) is 0. The molecule has 1 aliphatic heterocycles. The number of carbonyl (C=O) groups is 2. The minimum atomic E-state index is -0.672. The fourth-order valence-corrected chi connectivity index (χ4v) is 5.45. The molecule has 0 unspecified atom stereocenters. The molecule has 1 saturated heterocycles. The minimum absolute atomic E-state index is 0.0357. The summed E-state index contributed by atoms with van der Waals surface area (Å²) in [4.78, 5) is 32.3. The number of hydrogen-bond acceptors (Lipinski definition) is 4. The second-order valence-electron chi connectivity index (χ2n) is 8.87. The Morgan fingerprint density at radius 1 is 1.13 bits per heavy atom. The van der Waals surface area contributed by atoms with E-state index in [9.17, 15) is 9.59 Å². The largest absolute Gasteiger partial charge is 0.326 e. The van der Waals surface area contributed by atoms with E-state index in [4.69, 9.17) is 0 Å². The number of urea groups is 1. The summed E-state index contributed by atoms with van der Waals surface area (Å²) in [6, 6.07) is 14.4. The van der Waals surface area contributed by atoms with Crippen LogP contribution in [0.5, 0.6) is 0 Å². The Bertz CT molecular complexity index is 887. The number of nitrogens with zero attached hydrogens (tertiary/aromatic N) is 2. The molecule has 30 heavy (non-hydrogen) atoms. The van der Waals surface area contributed by atoms with Crippen LogP contribution in [0.3, 0.4) is 0 Å². The zero-order valence-electron chi connectivity index (χ0n) is 17.9. The molecule has 1 aromatic heterocycles. The number of nitrogens with one attached hydrogen (secondary N) is 1. The van der Waals surface area contributed by atoms with Crippen molar-refractivity contribution in [2.24, 2.45) is 5.92 Å². The summed E-state index contributed by atoms with van der Waals surface area (Å²) in [5.74, 6) is 0.588. The SMILES string of the molecule is Cc1ccc(CN(CCc2ccccc2)CN2C(=O)NC3(CCC(C)CC3)C2=O)s1. The van der Waals surface area contributed by atoms with E-state index in [1.807, 2.05) is 18.2 Å². The third kappa shape index (κ3) is 4.60. The Morgan fingerprint density at radius 3 is 2.53 bits per heavy atom. The van der Waals surface area contributed by atoms with Gasteiger partial charge in [-0.15, -0.1) is 11.3 Å². The molecule has 0 bridgehead atoms. The number of benzene rings is 1. The van der Waals surface area contributed by atoms with Crippen molar-refractivity contribution in [1.82, 2.24) is 15.1 Å². The monoisotopic (exact) mass is 425 g/mol. The molecule has 160 valence electrons. The van der Waals surface area contributed by atoms with E-state index in [0.717, 1.165) is 45.2 Å². The fourth-order valence-electron chi connectivity index (χ4n) is 4.52. The van der Waals surface area contributed by atoms with E-state index in [0.29, 0.717) is 12.6 Å². The van der Waals surface area contributed by atoms with Crippen LogP contribution in [-0.2, 0) is 17.8 Å². The molecular formula is C24H31N3O2S. The number of imide groups is 1. The van der Waals surface area contributed by atoms with Gasteiger partial charge in [0.25, 0.3) is 5.91 Å². The van der Waals surface area contributed by atoms with Crippen LogP contribution in [0, 0.1) is 12.8 Å². The first-order chi connectivity index (χ1) is 14.4. The first-order valence-electron chi connectivity index (χ1n) is 10.9. The van der Waals surface area contributed by atoms with Crippen LogP contribution >= 0.6 is 11.3 Å². The number of rotatable bonds is 7. The van der Waals surface area contributed by atoms with Gasteiger partial charge >= 0.3 is 6.03 Å². The zero-order valence-corrected chi connectivity index (χ0v) is 18.7. The summed E-state index contributed by atoms with van der Waals surface area (Å²) < 4.78 is 0. The molecule has 0 atom stereocenters. The summed E-state index contributed by atoms with van der Waals surface area (Å²) in [5.41, 5.74) is 0.591. The van der Waals surface area contributed by atoms with E-state index in [2.05, 4.69) is 48.3 Å². The standard InChI is InChI=1S/C24H31N3O2S/c1-18-10-13-24(14-11-18)22(28)27(23(29)25-24)17-26(16-21-9-8-19(2)30-21)15-12-20-6-4-3-5-7-20/h3-9,18H,10-17H2,1-2H3,(H,25,29).